The largest absolute Gasteiger partial charge is 0.312 e. The van der Waals surface area contributed by atoms with E-state index < -0.39 is 0 Å². The van der Waals surface area contributed by atoms with Gasteiger partial charge in [0.15, 0.2) is 0 Å². The maximum absolute atomic E-state index is 3.53. The van der Waals surface area contributed by atoms with Crippen molar-refractivity contribution in [2.24, 2.45) is 11.8 Å². The van der Waals surface area contributed by atoms with E-state index in [4.69, 9.17) is 0 Å². The summed E-state index contributed by atoms with van der Waals surface area (Å²) >= 11 is 1.99. The Morgan fingerprint density at radius 3 is 2.43 bits per heavy atom. The van der Waals surface area contributed by atoms with Crippen molar-refractivity contribution >= 4 is 11.3 Å². The van der Waals surface area contributed by atoms with Gasteiger partial charge >= 0.3 is 0 Å². The van der Waals surface area contributed by atoms with Crippen molar-refractivity contribution in [3.8, 4) is 0 Å². The van der Waals surface area contributed by atoms with Gasteiger partial charge in [0, 0.05) is 35.9 Å². The number of rotatable bonds is 10. The molecule has 0 atom stereocenters. The molecule has 1 heterocycles. The van der Waals surface area contributed by atoms with Crippen LogP contribution >= 0.6 is 11.3 Å². The standard InChI is InChI=1S/C18H30N2S/c1-3-8-19-10-18-9-17(14(2)21-18)13-20(11-15-4-5-15)12-16-6-7-16/h9,15-16,19H,3-8,10-13H2,1-2H3. The van der Waals surface area contributed by atoms with Crippen LogP contribution in [0.5, 0.6) is 0 Å². The average molecular weight is 307 g/mol. The third kappa shape index (κ3) is 5.08. The van der Waals surface area contributed by atoms with E-state index in [9.17, 15) is 0 Å². The van der Waals surface area contributed by atoms with Gasteiger partial charge in [0.25, 0.3) is 0 Å². The van der Waals surface area contributed by atoms with E-state index in [0.717, 1.165) is 24.9 Å². The number of aryl methyl sites for hydroxylation is 1. The molecular weight excluding hydrogens is 276 g/mol. The minimum Gasteiger partial charge on any atom is -0.312 e. The molecule has 118 valence electrons. The molecule has 0 aliphatic heterocycles. The Kier molecular flexibility index (Phi) is 5.36. The third-order valence-electron chi connectivity index (χ3n) is 4.62. The number of nitrogens with zero attached hydrogens (tertiary/aromatic N) is 1. The van der Waals surface area contributed by atoms with Gasteiger partial charge in [-0.15, -0.1) is 11.3 Å². The summed E-state index contributed by atoms with van der Waals surface area (Å²) in [5.74, 6) is 2.02. The molecule has 1 aromatic heterocycles. The summed E-state index contributed by atoms with van der Waals surface area (Å²) in [6.07, 6.45) is 7.09. The van der Waals surface area contributed by atoms with Crippen LogP contribution in [-0.4, -0.2) is 24.5 Å². The van der Waals surface area contributed by atoms with Crippen molar-refractivity contribution in [2.75, 3.05) is 19.6 Å². The first kappa shape index (κ1) is 15.5. The summed E-state index contributed by atoms with van der Waals surface area (Å²) in [7, 11) is 0. The Hall–Kier alpha value is -0.380. The molecule has 0 saturated heterocycles. The van der Waals surface area contributed by atoms with E-state index in [1.807, 2.05) is 11.3 Å². The maximum Gasteiger partial charge on any atom is 0.0299 e. The summed E-state index contributed by atoms with van der Waals surface area (Å²) in [6, 6.07) is 2.45. The monoisotopic (exact) mass is 306 g/mol. The average Bonchev–Trinajstić information content (AvgIpc) is 3.35. The summed E-state index contributed by atoms with van der Waals surface area (Å²) < 4.78 is 0. The fourth-order valence-electron chi connectivity index (χ4n) is 3.00. The van der Waals surface area contributed by atoms with E-state index in [1.165, 1.54) is 61.5 Å². The first-order chi connectivity index (χ1) is 10.2. The van der Waals surface area contributed by atoms with Crippen molar-refractivity contribution in [1.29, 1.82) is 0 Å². The van der Waals surface area contributed by atoms with Gasteiger partial charge in [-0.05, 0) is 69.0 Å². The fourth-order valence-corrected chi connectivity index (χ4v) is 4.02. The number of thiophene rings is 1. The lowest BCUT2D eigenvalue weighted by Gasteiger charge is -2.22. The van der Waals surface area contributed by atoms with Crippen molar-refractivity contribution in [3.05, 3.63) is 21.4 Å². The maximum atomic E-state index is 3.53. The van der Waals surface area contributed by atoms with E-state index >= 15 is 0 Å². The highest BCUT2D eigenvalue weighted by Crippen LogP contribution is 2.35. The molecule has 2 saturated carbocycles. The highest BCUT2D eigenvalue weighted by atomic mass is 32.1. The molecule has 3 heteroatoms. The lowest BCUT2D eigenvalue weighted by molar-refractivity contribution is 0.244. The molecule has 2 fully saturated rings. The molecule has 1 N–H and O–H groups in total. The number of hydrogen-bond acceptors (Lipinski definition) is 3. The van der Waals surface area contributed by atoms with Gasteiger partial charge in [0.05, 0.1) is 0 Å². The zero-order valence-electron chi connectivity index (χ0n) is 13.7. The van der Waals surface area contributed by atoms with Crippen LogP contribution in [0.2, 0.25) is 0 Å². The molecule has 0 bridgehead atoms. The highest BCUT2D eigenvalue weighted by Gasteiger charge is 2.29. The molecular formula is C18H30N2S. The second-order valence-electron chi connectivity index (χ2n) is 7.05. The van der Waals surface area contributed by atoms with Gasteiger partial charge in [-0.2, -0.15) is 0 Å². The fraction of sp³-hybridized carbons (Fsp3) is 0.778. The van der Waals surface area contributed by atoms with Gasteiger partial charge < -0.3 is 5.32 Å². The Morgan fingerprint density at radius 2 is 1.86 bits per heavy atom. The summed E-state index contributed by atoms with van der Waals surface area (Å²) in [5.41, 5.74) is 1.58. The normalized spacial score (nSPS) is 18.6. The summed E-state index contributed by atoms with van der Waals surface area (Å²) in [5, 5.41) is 3.53. The molecule has 2 aliphatic rings. The zero-order valence-corrected chi connectivity index (χ0v) is 14.5. The predicted molar refractivity (Wildman–Crippen MR) is 91.8 cm³/mol. The quantitative estimate of drug-likeness (QED) is 0.652. The second kappa shape index (κ2) is 7.26. The molecule has 0 aromatic carbocycles. The Morgan fingerprint density at radius 1 is 1.19 bits per heavy atom. The van der Waals surface area contributed by atoms with Gasteiger partial charge in [-0.3, -0.25) is 4.90 Å². The highest BCUT2D eigenvalue weighted by molar-refractivity contribution is 7.12. The van der Waals surface area contributed by atoms with Crippen molar-refractivity contribution in [3.63, 3.8) is 0 Å². The van der Waals surface area contributed by atoms with Gasteiger partial charge in [-0.25, -0.2) is 0 Å². The SMILES string of the molecule is CCCNCc1cc(CN(CC2CC2)CC2CC2)c(C)s1. The predicted octanol–water partition coefficient (Wildman–Crippen LogP) is 4.18. The molecule has 0 spiro atoms. The van der Waals surface area contributed by atoms with Crippen LogP contribution in [0.4, 0.5) is 0 Å². The van der Waals surface area contributed by atoms with E-state index in [2.05, 4.69) is 30.1 Å². The van der Waals surface area contributed by atoms with Gasteiger partial charge in [0.2, 0.25) is 0 Å². The molecule has 1 aromatic rings. The summed E-state index contributed by atoms with van der Waals surface area (Å²) in [4.78, 5) is 5.78. The molecule has 21 heavy (non-hydrogen) atoms. The molecule has 0 radical (unpaired) electrons. The first-order valence-corrected chi connectivity index (χ1v) is 9.57. The van der Waals surface area contributed by atoms with Gasteiger partial charge in [-0.1, -0.05) is 6.92 Å². The van der Waals surface area contributed by atoms with Crippen molar-refractivity contribution in [1.82, 2.24) is 10.2 Å². The minimum absolute atomic E-state index is 1.01. The molecule has 0 amide bonds. The van der Waals surface area contributed by atoms with Crippen LogP contribution < -0.4 is 5.32 Å². The van der Waals surface area contributed by atoms with Crippen LogP contribution in [0, 0.1) is 18.8 Å². The molecule has 2 aliphatic carbocycles. The molecule has 0 unspecified atom stereocenters. The minimum atomic E-state index is 1.01. The van der Waals surface area contributed by atoms with Crippen LogP contribution in [-0.2, 0) is 13.1 Å². The second-order valence-corrected chi connectivity index (χ2v) is 8.39. The van der Waals surface area contributed by atoms with E-state index in [0.29, 0.717) is 0 Å². The van der Waals surface area contributed by atoms with Crippen molar-refractivity contribution in [2.45, 2.75) is 59.0 Å². The third-order valence-corrected chi connectivity index (χ3v) is 5.71. The van der Waals surface area contributed by atoms with Crippen LogP contribution in [0.25, 0.3) is 0 Å². The number of hydrogen-bond donors (Lipinski definition) is 1. The van der Waals surface area contributed by atoms with Crippen LogP contribution in [0.15, 0.2) is 6.07 Å². The lowest BCUT2D eigenvalue weighted by Crippen LogP contribution is -2.27. The first-order valence-electron chi connectivity index (χ1n) is 8.76. The van der Waals surface area contributed by atoms with E-state index in [-0.39, 0.29) is 0 Å². The Bertz CT molecular complexity index is 432. The van der Waals surface area contributed by atoms with Crippen molar-refractivity contribution < 1.29 is 0 Å². The smallest absolute Gasteiger partial charge is 0.0299 e. The van der Waals surface area contributed by atoms with Crippen LogP contribution in [0.1, 0.15) is 54.3 Å². The molecule has 2 nitrogen and oxygen atoms in total. The summed E-state index contributed by atoms with van der Waals surface area (Å²) in [6.45, 7) is 10.6. The zero-order chi connectivity index (χ0) is 14.7. The van der Waals surface area contributed by atoms with E-state index in [1.54, 1.807) is 5.56 Å². The molecule has 3 rings (SSSR count). The van der Waals surface area contributed by atoms with Gasteiger partial charge in [0.1, 0.15) is 0 Å². The Balaban J connectivity index is 1.55. The lowest BCUT2D eigenvalue weighted by atomic mass is 10.2. The topological polar surface area (TPSA) is 15.3 Å². The number of nitrogens with one attached hydrogen (secondary N) is 1. The van der Waals surface area contributed by atoms with Crippen LogP contribution in [0.3, 0.4) is 0 Å². The Labute approximate surface area is 133 Å².